The van der Waals surface area contributed by atoms with E-state index >= 15 is 0 Å². The Hall–Kier alpha value is -4.49. The molecule has 224 valence electrons. The Morgan fingerprint density at radius 1 is 0.953 bits per heavy atom. The number of carboxylic acids is 1. The van der Waals surface area contributed by atoms with E-state index in [0.29, 0.717) is 16.7 Å². The molecule has 4 rings (SSSR count). The summed E-state index contributed by atoms with van der Waals surface area (Å²) in [6, 6.07) is 13.6. The first-order chi connectivity index (χ1) is 20.5. The summed E-state index contributed by atoms with van der Waals surface area (Å²) in [4.78, 5) is 28.7. The van der Waals surface area contributed by atoms with E-state index < -0.39 is 16.0 Å². The number of rotatable bonds is 12. The third-order valence-corrected chi connectivity index (χ3v) is 8.12. The van der Waals surface area contributed by atoms with Crippen LogP contribution in [0.4, 0.5) is 5.82 Å². The highest BCUT2D eigenvalue weighted by Crippen LogP contribution is 2.35. The Bertz CT molecular complexity index is 1690. The first-order valence-corrected chi connectivity index (χ1v) is 15.8. The molecule has 0 aliphatic carbocycles. The Kier molecular flexibility index (Phi) is 9.99. The topological polar surface area (TPSA) is 153 Å². The van der Waals surface area contributed by atoms with Gasteiger partial charge in [0.05, 0.1) is 10.5 Å². The quantitative estimate of drug-likeness (QED) is 0.120. The Morgan fingerprint density at radius 3 is 2.21 bits per heavy atom. The molecule has 0 atom stereocenters. The van der Waals surface area contributed by atoms with Crippen LogP contribution in [0.15, 0.2) is 83.1 Å². The van der Waals surface area contributed by atoms with Gasteiger partial charge in [-0.2, -0.15) is 0 Å². The predicted octanol–water partition coefficient (Wildman–Crippen LogP) is 5.31. The summed E-state index contributed by atoms with van der Waals surface area (Å²) >= 11 is 1.51. The second-order valence-electron chi connectivity index (χ2n) is 10.2. The minimum atomic E-state index is -4.03. The number of aliphatic carboxylic acids is 1. The molecule has 0 bridgehead atoms. The number of nitrogens with one attached hydrogen (secondary N) is 1. The van der Waals surface area contributed by atoms with E-state index in [9.17, 15) is 13.2 Å². The number of nitrogens with zero attached hydrogens (tertiary/aromatic N) is 4. The van der Waals surface area contributed by atoms with Crippen LogP contribution in [0.3, 0.4) is 0 Å². The zero-order valence-electron chi connectivity index (χ0n) is 24.0. The summed E-state index contributed by atoms with van der Waals surface area (Å²) in [5, 5.41) is 8.93. The fourth-order valence-corrected chi connectivity index (χ4v) is 5.16. The van der Waals surface area contributed by atoms with Crippen LogP contribution >= 0.6 is 11.8 Å². The smallest absolute Gasteiger partial charge is 0.328 e. The van der Waals surface area contributed by atoms with Crippen molar-refractivity contribution in [2.24, 2.45) is 0 Å². The van der Waals surface area contributed by atoms with Gasteiger partial charge in [-0.1, -0.05) is 57.2 Å². The van der Waals surface area contributed by atoms with Crippen molar-refractivity contribution < 1.29 is 27.8 Å². The highest BCUT2D eigenvalue weighted by molar-refractivity contribution is 7.98. The van der Waals surface area contributed by atoms with Crippen molar-refractivity contribution in [1.82, 2.24) is 19.9 Å². The molecule has 0 aliphatic heterocycles. The lowest BCUT2D eigenvalue weighted by molar-refractivity contribution is -0.131. The fourth-order valence-electron chi connectivity index (χ4n) is 3.82. The molecule has 0 unspecified atom stereocenters. The molecule has 2 N–H and O–H groups in total. The lowest BCUT2D eigenvalue weighted by Crippen LogP contribution is -2.17. The van der Waals surface area contributed by atoms with Gasteiger partial charge in [0, 0.05) is 23.4 Å². The molecule has 0 aliphatic rings. The number of aromatic nitrogens is 4. The Balaban J connectivity index is 1.62. The number of anilines is 1. The third kappa shape index (κ3) is 8.52. The molecule has 0 spiro atoms. The van der Waals surface area contributed by atoms with Crippen molar-refractivity contribution in [1.29, 1.82) is 0 Å². The second kappa shape index (κ2) is 13.7. The molecule has 0 radical (unpaired) electrons. The standard InChI is InChI=1S/C30H31N5O6S2/c1-30(2,3)22-10-12-24(13-11-22)43(38,39)35-27-26(21-8-5-20(6-9-21)7-14-25(36)37)28(34-19-33-27)40-15-16-41-29-31-17-23(42-4)18-32-29/h5-14,17-19H,15-16H2,1-4H3,(H,36,37)(H,33,34,35)/b14-7+. The molecular formula is C30H31N5O6S2. The number of carboxylic acid groups (broad SMARTS) is 1. The molecular weight excluding hydrogens is 590 g/mol. The normalized spacial score (nSPS) is 11.8. The number of ether oxygens (including phenoxy) is 2. The van der Waals surface area contributed by atoms with Gasteiger partial charge in [-0.25, -0.2) is 33.1 Å². The summed E-state index contributed by atoms with van der Waals surface area (Å²) in [5.41, 5.74) is 2.33. The van der Waals surface area contributed by atoms with E-state index in [2.05, 4.69) is 24.7 Å². The van der Waals surface area contributed by atoms with Gasteiger partial charge in [0.1, 0.15) is 19.5 Å². The van der Waals surface area contributed by atoms with Gasteiger partial charge in [-0.15, -0.1) is 11.8 Å². The van der Waals surface area contributed by atoms with Crippen molar-refractivity contribution in [3.8, 4) is 23.0 Å². The van der Waals surface area contributed by atoms with Crippen molar-refractivity contribution in [3.05, 3.63) is 84.5 Å². The summed E-state index contributed by atoms with van der Waals surface area (Å²) in [6.07, 6.45) is 8.90. The first-order valence-electron chi connectivity index (χ1n) is 13.1. The number of benzene rings is 2. The third-order valence-electron chi connectivity index (χ3n) is 6.09. The molecule has 4 aromatic rings. The maximum absolute atomic E-state index is 13.4. The Morgan fingerprint density at radius 2 is 1.60 bits per heavy atom. The van der Waals surface area contributed by atoms with E-state index in [-0.39, 0.29) is 41.2 Å². The zero-order valence-corrected chi connectivity index (χ0v) is 25.6. The van der Waals surface area contributed by atoms with Gasteiger partial charge in [-0.3, -0.25) is 4.72 Å². The van der Waals surface area contributed by atoms with Crippen molar-refractivity contribution in [3.63, 3.8) is 0 Å². The van der Waals surface area contributed by atoms with E-state index in [0.717, 1.165) is 16.5 Å². The van der Waals surface area contributed by atoms with Crippen molar-refractivity contribution in [2.75, 3.05) is 24.2 Å². The van der Waals surface area contributed by atoms with E-state index in [1.165, 1.54) is 24.2 Å². The number of carbonyl (C=O) groups is 1. The summed E-state index contributed by atoms with van der Waals surface area (Å²) in [7, 11) is -4.03. The number of hydrogen-bond donors (Lipinski definition) is 2. The van der Waals surface area contributed by atoms with Crippen molar-refractivity contribution in [2.45, 2.75) is 36.0 Å². The summed E-state index contributed by atoms with van der Waals surface area (Å²) in [6.45, 7) is 6.29. The first kappa shape index (κ1) is 31.4. The van der Waals surface area contributed by atoms with E-state index in [1.807, 2.05) is 27.0 Å². The highest BCUT2D eigenvalue weighted by Gasteiger charge is 2.23. The highest BCUT2D eigenvalue weighted by atomic mass is 32.2. The summed E-state index contributed by atoms with van der Waals surface area (Å²) in [5.74, 6) is -0.946. The molecule has 2 aromatic heterocycles. The minimum absolute atomic E-state index is 0.00984. The molecule has 2 aromatic carbocycles. The van der Waals surface area contributed by atoms with Gasteiger partial charge in [0.25, 0.3) is 10.0 Å². The monoisotopic (exact) mass is 621 g/mol. The average molecular weight is 622 g/mol. The SMILES string of the molecule is CSc1cnc(OCCOc2ncnc(NS(=O)(=O)c3ccc(C(C)(C)C)cc3)c2-c2ccc(/C=C/C(=O)O)cc2)nc1. The van der Waals surface area contributed by atoms with Gasteiger partial charge in [0.2, 0.25) is 5.88 Å². The molecule has 43 heavy (non-hydrogen) atoms. The lowest BCUT2D eigenvalue weighted by atomic mass is 9.87. The van der Waals surface area contributed by atoms with Crippen LogP contribution in [0.2, 0.25) is 0 Å². The largest absolute Gasteiger partial charge is 0.478 e. The number of hydrogen-bond acceptors (Lipinski definition) is 10. The maximum atomic E-state index is 13.4. The molecule has 2 heterocycles. The molecule has 0 amide bonds. The van der Waals surface area contributed by atoms with E-state index in [1.54, 1.807) is 60.9 Å². The lowest BCUT2D eigenvalue weighted by Gasteiger charge is -2.19. The van der Waals surface area contributed by atoms with Crippen LogP contribution in [-0.4, -0.2) is 58.9 Å². The number of thioether (sulfide) groups is 1. The summed E-state index contributed by atoms with van der Waals surface area (Å²) < 4.78 is 40.9. The van der Waals surface area contributed by atoms with Crippen LogP contribution in [0, 0.1) is 0 Å². The van der Waals surface area contributed by atoms with Gasteiger partial charge < -0.3 is 14.6 Å². The van der Waals surface area contributed by atoms with Crippen LogP contribution in [0.25, 0.3) is 17.2 Å². The zero-order chi connectivity index (χ0) is 31.0. The second-order valence-corrected chi connectivity index (χ2v) is 12.7. The van der Waals surface area contributed by atoms with Gasteiger partial charge >= 0.3 is 12.0 Å². The van der Waals surface area contributed by atoms with Gasteiger partial charge in [-0.05, 0) is 46.6 Å². The van der Waals surface area contributed by atoms with Crippen LogP contribution in [0.5, 0.6) is 11.9 Å². The molecule has 0 fully saturated rings. The maximum Gasteiger partial charge on any atom is 0.328 e. The molecule has 11 nitrogen and oxygen atoms in total. The van der Waals surface area contributed by atoms with Crippen LogP contribution in [0.1, 0.15) is 31.9 Å². The van der Waals surface area contributed by atoms with Crippen LogP contribution in [-0.2, 0) is 20.2 Å². The Labute approximate surface area is 254 Å². The predicted molar refractivity (Wildman–Crippen MR) is 165 cm³/mol. The van der Waals surface area contributed by atoms with Crippen LogP contribution < -0.4 is 14.2 Å². The molecule has 0 saturated carbocycles. The molecule has 13 heteroatoms. The molecule has 0 saturated heterocycles. The van der Waals surface area contributed by atoms with Crippen molar-refractivity contribution >= 4 is 39.6 Å². The minimum Gasteiger partial charge on any atom is -0.478 e. The number of sulfonamides is 1. The van der Waals surface area contributed by atoms with E-state index in [4.69, 9.17) is 14.6 Å². The van der Waals surface area contributed by atoms with Gasteiger partial charge in [0.15, 0.2) is 5.82 Å². The fraction of sp³-hybridized carbons (Fsp3) is 0.233. The average Bonchev–Trinajstić information content (AvgIpc) is 2.98.